The van der Waals surface area contributed by atoms with Crippen LogP contribution in [0.2, 0.25) is 0 Å². The molecule has 9 heteroatoms. The van der Waals surface area contributed by atoms with Crippen molar-refractivity contribution < 1.29 is 9.18 Å². The first kappa shape index (κ1) is 25.0. The first-order chi connectivity index (χ1) is 18.4. The molecule has 0 bridgehead atoms. The Hall–Kier alpha value is -4.63. The summed E-state index contributed by atoms with van der Waals surface area (Å²) in [4.78, 5) is 34.9. The standard InChI is InChI=1S/C29H27FN6O2/c1-18-6-4-5-7-24(18)26-16-33-27(34-28(37)19(2)31-3)29(38)36(26)17-20-12-23(15-32-14-20)35-11-10-21-13-22(30)8-9-25(21)35/h4-16,19,31H,17H2,1-3H3,(H,33,34,37). The van der Waals surface area contributed by atoms with Crippen molar-refractivity contribution in [2.24, 2.45) is 0 Å². The average Bonchev–Trinajstić information content (AvgIpc) is 3.34. The molecule has 0 aliphatic heterocycles. The molecular weight excluding hydrogens is 483 g/mol. The van der Waals surface area contributed by atoms with E-state index in [-0.39, 0.29) is 24.1 Å². The number of carbonyl (C=O) groups is 1. The second-order valence-electron chi connectivity index (χ2n) is 9.14. The SMILES string of the molecule is CNC(C)C(=O)Nc1ncc(-c2ccccc2C)n(Cc2cncc(-n3ccc4cc(F)ccc43)c2)c1=O. The third kappa shape index (κ3) is 4.83. The number of anilines is 1. The molecule has 192 valence electrons. The van der Waals surface area contributed by atoms with E-state index in [1.807, 2.05) is 54.1 Å². The van der Waals surface area contributed by atoms with Gasteiger partial charge in [-0.1, -0.05) is 24.3 Å². The van der Waals surface area contributed by atoms with Gasteiger partial charge in [-0.3, -0.25) is 19.1 Å². The van der Waals surface area contributed by atoms with E-state index in [9.17, 15) is 14.0 Å². The Morgan fingerprint density at radius 1 is 1.08 bits per heavy atom. The highest BCUT2D eigenvalue weighted by molar-refractivity contribution is 5.93. The lowest BCUT2D eigenvalue weighted by atomic mass is 10.1. The molecule has 0 aliphatic carbocycles. The predicted octanol–water partition coefficient (Wildman–Crippen LogP) is 4.29. The number of rotatable bonds is 7. The van der Waals surface area contributed by atoms with E-state index < -0.39 is 11.6 Å². The highest BCUT2D eigenvalue weighted by atomic mass is 19.1. The number of hydrogen-bond donors (Lipinski definition) is 2. The van der Waals surface area contributed by atoms with Crippen LogP contribution in [-0.2, 0) is 11.3 Å². The minimum absolute atomic E-state index is 0.0445. The quantitative estimate of drug-likeness (QED) is 0.341. The van der Waals surface area contributed by atoms with Crippen LogP contribution in [-0.4, -0.2) is 38.1 Å². The average molecular weight is 511 g/mol. The van der Waals surface area contributed by atoms with Crippen molar-refractivity contribution in [2.45, 2.75) is 26.4 Å². The van der Waals surface area contributed by atoms with Gasteiger partial charge in [0, 0.05) is 23.3 Å². The number of halogens is 1. The molecule has 38 heavy (non-hydrogen) atoms. The molecule has 3 heterocycles. The van der Waals surface area contributed by atoms with E-state index in [0.717, 1.165) is 33.3 Å². The van der Waals surface area contributed by atoms with E-state index >= 15 is 0 Å². The molecule has 3 aromatic heterocycles. The molecule has 0 saturated heterocycles. The summed E-state index contributed by atoms with van der Waals surface area (Å²) in [5.41, 5.74) is 4.45. The van der Waals surface area contributed by atoms with Gasteiger partial charge in [0.15, 0.2) is 5.82 Å². The maximum Gasteiger partial charge on any atom is 0.294 e. The summed E-state index contributed by atoms with van der Waals surface area (Å²) < 4.78 is 17.2. The van der Waals surface area contributed by atoms with Gasteiger partial charge in [0.25, 0.3) is 5.56 Å². The van der Waals surface area contributed by atoms with E-state index in [2.05, 4.69) is 20.6 Å². The summed E-state index contributed by atoms with van der Waals surface area (Å²) in [6, 6.07) is 15.7. The van der Waals surface area contributed by atoms with Gasteiger partial charge in [0.1, 0.15) is 5.82 Å². The number of benzene rings is 2. The van der Waals surface area contributed by atoms with Gasteiger partial charge >= 0.3 is 0 Å². The summed E-state index contributed by atoms with van der Waals surface area (Å²) in [7, 11) is 1.67. The lowest BCUT2D eigenvalue weighted by Gasteiger charge is -2.17. The van der Waals surface area contributed by atoms with Gasteiger partial charge in [-0.15, -0.1) is 0 Å². The van der Waals surface area contributed by atoms with Crippen LogP contribution in [0.15, 0.2) is 84.2 Å². The largest absolute Gasteiger partial charge is 0.315 e. The maximum atomic E-state index is 13.7. The Kier molecular flexibility index (Phi) is 6.85. The van der Waals surface area contributed by atoms with E-state index in [0.29, 0.717) is 5.69 Å². The lowest BCUT2D eigenvalue weighted by molar-refractivity contribution is -0.117. The maximum absolute atomic E-state index is 13.7. The Bertz CT molecular complexity index is 1710. The second kappa shape index (κ2) is 10.4. The minimum atomic E-state index is -0.494. The zero-order valence-corrected chi connectivity index (χ0v) is 21.3. The van der Waals surface area contributed by atoms with Crippen molar-refractivity contribution in [3.8, 4) is 16.9 Å². The van der Waals surface area contributed by atoms with Gasteiger partial charge in [-0.05, 0) is 62.4 Å². The summed E-state index contributed by atoms with van der Waals surface area (Å²) >= 11 is 0. The first-order valence-corrected chi connectivity index (χ1v) is 12.2. The molecule has 1 unspecified atom stereocenters. The van der Waals surface area contributed by atoms with Crippen LogP contribution >= 0.6 is 0 Å². The summed E-state index contributed by atoms with van der Waals surface area (Å²) in [6.45, 7) is 3.87. The molecule has 5 aromatic rings. The molecule has 1 atom stereocenters. The van der Waals surface area contributed by atoms with Crippen molar-refractivity contribution in [1.29, 1.82) is 0 Å². The van der Waals surface area contributed by atoms with E-state index in [1.165, 1.54) is 12.1 Å². The molecule has 2 N–H and O–H groups in total. The molecule has 0 spiro atoms. The second-order valence-corrected chi connectivity index (χ2v) is 9.14. The molecule has 0 radical (unpaired) electrons. The topological polar surface area (TPSA) is 93.8 Å². The molecule has 8 nitrogen and oxygen atoms in total. The number of nitrogens with one attached hydrogen (secondary N) is 2. The Morgan fingerprint density at radius 2 is 1.89 bits per heavy atom. The normalized spacial score (nSPS) is 12.0. The van der Waals surface area contributed by atoms with Gasteiger partial charge in [-0.25, -0.2) is 9.37 Å². The van der Waals surface area contributed by atoms with Crippen LogP contribution in [0.25, 0.3) is 27.8 Å². The molecule has 0 fully saturated rings. The summed E-state index contributed by atoms with van der Waals surface area (Å²) in [5, 5.41) is 6.28. The summed E-state index contributed by atoms with van der Waals surface area (Å²) in [6.07, 6.45) is 6.88. The minimum Gasteiger partial charge on any atom is -0.315 e. The Balaban J connectivity index is 1.58. The smallest absolute Gasteiger partial charge is 0.294 e. The summed E-state index contributed by atoms with van der Waals surface area (Å²) in [5.74, 6) is -0.696. The number of pyridine rings is 1. The number of nitrogens with zero attached hydrogens (tertiary/aromatic N) is 4. The Labute approximate surface area is 218 Å². The van der Waals surface area contributed by atoms with Crippen LogP contribution < -0.4 is 16.2 Å². The van der Waals surface area contributed by atoms with Crippen LogP contribution in [0.1, 0.15) is 18.1 Å². The molecular formula is C29H27FN6O2. The van der Waals surface area contributed by atoms with Gasteiger partial charge in [-0.2, -0.15) is 0 Å². The number of carbonyl (C=O) groups excluding carboxylic acids is 1. The number of fused-ring (bicyclic) bond motifs is 1. The highest BCUT2D eigenvalue weighted by Crippen LogP contribution is 2.25. The van der Waals surface area contributed by atoms with Crippen LogP contribution in [0.5, 0.6) is 0 Å². The third-order valence-corrected chi connectivity index (χ3v) is 6.59. The Morgan fingerprint density at radius 3 is 2.68 bits per heavy atom. The fourth-order valence-electron chi connectivity index (χ4n) is 4.38. The number of aryl methyl sites for hydroxylation is 1. The van der Waals surface area contributed by atoms with Crippen LogP contribution in [0.4, 0.5) is 10.2 Å². The molecule has 5 rings (SSSR count). The highest BCUT2D eigenvalue weighted by Gasteiger charge is 2.18. The fraction of sp³-hybridized carbons (Fsp3) is 0.172. The van der Waals surface area contributed by atoms with Crippen molar-refractivity contribution in [3.05, 3.63) is 107 Å². The number of aromatic nitrogens is 4. The fourth-order valence-corrected chi connectivity index (χ4v) is 4.38. The number of amides is 1. The number of likely N-dealkylation sites (N-methyl/N-ethyl adjacent to an activating group) is 1. The van der Waals surface area contributed by atoms with Gasteiger partial charge < -0.3 is 15.2 Å². The predicted molar refractivity (Wildman–Crippen MR) is 146 cm³/mol. The molecule has 1 amide bonds. The third-order valence-electron chi connectivity index (χ3n) is 6.59. The van der Waals surface area contributed by atoms with Crippen LogP contribution in [0.3, 0.4) is 0 Å². The van der Waals surface area contributed by atoms with E-state index in [1.54, 1.807) is 43.2 Å². The zero-order valence-electron chi connectivity index (χ0n) is 21.3. The molecule has 0 aliphatic rings. The van der Waals surface area contributed by atoms with Crippen molar-refractivity contribution in [3.63, 3.8) is 0 Å². The van der Waals surface area contributed by atoms with Gasteiger partial charge in [0.2, 0.25) is 5.91 Å². The van der Waals surface area contributed by atoms with Crippen molar-refractivity contribution in [2.75, 3.05) is 12.4 Å². The lowest BCUT2D eigenvalue weighted by Crippen LogP contribution is -2.38. The molecule has 2 aromatic carbocycles. The van der Waals surface area contributed by atoms with Crippen molar-refractivity contribution >= 4 is 22.6 Å². The zero-order chi connectivity index (χ0) is 26.8. The number of hydrogen-bond acceptors (Lipinski definition) is 5. The van der Waals surface area contributed by atoms with Crippen molar-refractivity contribution in [1.82, 2.24) is 24.4 Å². The van der Waals surface area contributed by atoms with Crippen LogP contribution in [0, 0.1) is 12.7 Å². The first-order valence-electron chi connectivity index (χ1n) is 12.2. The van der Waals surface area contributed by atoms with Gasteiger partial charge in [0.05, 0.1) is 41.9 Å². The molecule has 0 saturated carbocycles. The van der Waals surface area contributed by atoms with E-state index in [4.69, 9.17) is 0 Å². The monoisotopic (exact) mass is 510 g/mol.